The third-order valence-corrected chi connectivity index (χ3v) is 6.04. The van der Waals surface area contributed by atoms with Gasteiger partial charge in [-0.1, -0.05) is 24.7 Å². The molecule has 1 aliphatic heterocycles. The summed E-state index contributed by atoms with van der Waals surface area (Å²) in [6.45, 7) is 4.39. The zero-order chi connectivity index (χ0) is 14.9. The first kappa shape index (κ1) is 15.4. The van der Waals surface area contributed by atoms with E-state index in [4.69, 9.17) is 18.0 Å². The van der Waals surface area contributed by atoms with Gasteiger partial charge in [-0.15, -0.1) is 0 Å². The number of aryl methyl sites for hydroxylation is 1. The normalized spacial score (nSPS) is 20.8. The zero-order valence-electron chi connectivity index (χ0n) is 11.8. The largest absolute Gasteiger partial charge is 0.389 e. The van der Waals surface area contributed by atoms with Crippen LogP contribution in [0.4, 0.5) is 0 Å². The van der Waals surface area contributed by atoms with E-state index in [2.05, 4.69) is 0 Å². The Bertz CT molecular complexity index is 626. The summed E-state index contributed by atoms with van der Waals surface area (Å²) in [6, 6.07) is 5.01. The van der Waals surface area contributed by atoms with Crippen molar-refractivity contribution in [3.63, 3.8) is 0 Å². The number of rotatable bonds is 3. The smallest absolute Gasteiger partial charge is 0.243 e. The van der Waals surface area contributed by atoms with Gasteiger partial charge in [0, 0.05) is 18.2 Å². The van der Waals surface area contributed by atoms with Crippen LogP contribution in [0.25, 0.3) is 0 Å². The molecule has 0 aliphatic carbocycles. The molecule has 6 heteroatoms. The van der Waals surface area contributed by atoms with Gasteiger partial charge in [0.1, 0.15) is 4.99 Å². The van der Waals surface area contributed by atoms with Crippen LogP contribution in [0.5, 0.6) is 0 Å². The number of benzene rings is 1. The first-order valence-electron chi connectivity index (χ1n) is 6.76. The van der Waals surface area contributed by atoms with Crippen LogP contribution in [-0.4, -0.2) is 30.3 Å². The lowest BCUT2D eigenvalue weighted by Crippen LogP contribution is -2.41. The average molecular weight is 312 g/mol. The molecule has 110 valence electrons. The molecule has 1 heterocycles. The van der Waals surface area contributed by atoms with Gasteiger partial charge in [0.15, 0.2) is 0 Å². The van der Waals surface area contributed by atoms with Crippen LogP contribution in [0.2, 0.25) is 0 Å². The molecule has 0 saturated carbocycles. The molecular formula is C14H20N2O2S2. The summed E-state index contributed by atoms with van der Waals surface area (Å²) in [5.41, 5.74) is 7.13. The second-order valence-corrected chi connectivity index (χ2v) is 7.63. The number of nitrogens with zero attached hydrogens (tertiary/aromatic N) is 1. The van der Waals surface area contributed by atoms with Crippen molar-refractivity contribution in [1.29, 1.82) is 0 Å². The van der Waals surface area contributed by atoms with Gasteiger partial charge in [-0.05, 0) is 44.4 Å². The highest BCUT2D eigenvalue weighted by Gasteiger charge is 2.31. The molecule has 1 aliphatic rings. The van der Waals surface area contributed by atoms with Gasteiger partial charge >= 0.3 is 0 Å². The van der Waals surface area contributed by atoms with E-state index in [0.29, 0.717) is 11.4 Å². The lowest BCUT2D eigenvalue weighted by molar-refractivity contribution is 0.268. The number of hydrogen-bond donors (Lipinski definition) is 1. The molecule has 1 aromatic rings. The number of hydrogen-bond acceptors (Lipinski definition) is 3. The Balaban J connectivity index is 2.39. The maximum Gasteiger partial charge on any atom is 0.243 e. The van der Waals surface area contributed by atoms with E-state index in [-0.39, 0.29) is 11.0 Å². The zero-order valence-corrected chi connectivity index (χ0v) is 13.4. The Kier molecular flexibility index (Phi) is 4.46. The Hall–Kier alpha value is -0.980. The lowest BCUT2D eigenvalue weighted by Gasteiger charge is -2.32. The molecule has 1 saturated heterocycles. The summed E-state index contributed by atoms with van der Waals surface area (Å²) >= 11 is 4.95. The highest BCUT2D eigenvalue weighted by Crippen LogP contribution is 2.26. The maximum atomic E-state index is 12.7. The Morgan fingerprint density at radius 2 is 2.10 bits per heavy atom. The van der Waals surface area contributed by atoms with E-state index in [1.165, 1.54) is 0 Å². The van der Waals surface area contributed by atoms with E-state index in [0.717, 1.165) is 30.4 Å². The fourth-order valence-electron chi connectivity index (χ4n) is 2.64. The third kappa shape index (κ3) is 2.87. The Morgan fingerprint density at radius 1 is 1.40 bits per heavy atom. The summed E-state index contributed by atoms with van der Waals surface area (Å²) < 4.78 is 27.0. The van der Waals surface area contributed by atoms with Gasteiger partial charge < -0.3 is 5.73 Å². The number of sulfonamides is 1. The first-order chi connectivity index (χ1) is 9.34. The van der Waals surface area contributed by atoms with E-state index in [1.54, 1.807) is 22.5 Å². The highest BCUT2D eigenvalue weighted by molar-refractivity contribution is 7.89. The molecule has 0 amide bonds. The van der Waals surface area contributed by atoms with Crippen molar-refractivity contribution in [3.05, 3.63) is 29.3 Å². The van der Waals surface area contributed by atoms with Gasteiger partial charge in [0.25, 0.3) is 0 Å². The third-order valence-electron chi connectivity index (χ3n) is 3.81. The van der Waals surface area contributed by atoms with Gasteiger partial charge in [-0.25, -0.2) is 8.42 Å². The molecule has 20 heavy (non-hydrogen) atoms. The maximum absolute atomic E-state index is 12.7. The topological polar surface area (TPSA) is 63.4 Å². The van der Waals surface area contributed by atoms with E-state index >= 15 is 0 Å². The van der Waals surface area contributed by atoms with Crippen molar-refractivity contribution in [3.8, 4) is 0 Å². The summed E-state index contributed by atoms with van der Waals surface area (Å²) in [5.74, 6) is 0. The second-order valence-electron chi connectivity index (χ2n) is 5.30. The van der Waals surface area contributed by atoms with E-state index in [1.807, 2.05) is 13.8 Å². The van der Waals surface area contributed by atoms with Gasteiger partial charge in [-0.2, -0.15) is 4.31 Å². The molecule has 2 rings (SSSR count). The number of thiocarbonyl (C=S) groups is 1. The first-order valence-corrected chi connectivity index (χ1v) is 8.61. The van der Waals surface area contributed by atoms with Crippen molar-refractivity contribution in [2.75, 3.05) is 6.54 Å². The highest BCUT2D eigenvalue weighted by atomic mass is 32.2. The van der Waals surface area contributed by atoms with Crippen molar-refractivity contribution in [2.45, 2.75) is 44.0 Å². The van der Waals surface area contributed by atoms with Crippen molar-refractivity contribution in [1.82, 2.24) is 4.31 Å². The molecule has 1 fully saturated rings. The SMILES string of the molecule is Cc1cc(S(=O)(=O)N2CCCCC2C)ccc1C(N)=S. The van der Waals surface area contributed by atoms with Crippen LogP contribution in [0, 0.1) is 6.92 Å². The molecule has 1 unspecified atom stereocenters. The average Bonchev–Trinajstić information content (AvgIpc) is 2.38. The van der Waals surface area contributed by atoms with Crippen molar-refractivity contribution < 1.29 is 8.42 Å². The quantitative estimate of drug-likeness (QED) is 0.869. The standard InChI is InChI=1S/C14H20N2O2S2/c1-10-9-12(6-7-13(10)14(15)19)20(17,18)16-8-4-3-5-11(16)2/h6-7,9,11H,3-5,8H2,1-2H3,(H2,15,19). The molecule has 4 nitrogen and oxygen atoms in total. The second kappa shape index (κ2) is 5.79. The van der Waals surface area contributed by atoms with Crippen LogP contribution in [0.15, 0.2) is 23.1 Å². The van der Waals surface area contributed by atoms with Gasteiger partial charge in [0.05, 0.1) is 4.90 Å². The van der Waals surface area contributed by atoms with Crippen LogP contribution in [0.3, 0.4) is 0 Å². The summed E-state index contributed by atoms with van der Waals surface area (Å²) in [7, 11) is -3.43. The van der Waals surface area contributed by atoms with Gasteiger partial charge in [0.2, 0.25) is 10.0 Å². The molecule has 0 aromatic heterocycles. The molecule has 1 aromatic carbocycles. The van der Waals surface area contributed by atoms with Crippen LogP contribution in [0.1, 0.15) is 37.3 Å². The minimum Gasteiger partial charge on any atom is -0.389 e. The fraction of sp³-hybridized carbons (Fsp3) is 0.500. The summed E-state index contributed by atoms with van der Waals surface area (Å²) in [4.78, 5) is 0.613. The van der Waals surface area contributed by atoms with E-state index in [9.17, 15) is 8.42 Å². The molecular weight excluding hydrogens is 292 g/mol. The van der Waals surface area contributed by atoms with Crippen LogP contribution < -0.4 is 5.73 Å². The summed E-state index contributed by atoms with van der Waals surface area (Å²) in [5, 5.41) is 0. The molecule has 0 spiro atoms. The van der Waals surface area contributed by atoms with Crippen molar-refractivity contribution >= 4 is 27.2 Å². The van der Waals surface area contributed by atoms with E-state index < -0.39 is 10.0 Å². The number of piperidine rings is 1. The van der Waals surface area contributed by atoms with Crippen LogP contribution >= 0.6 is 12.2 Å². The Labute approximate surface area is 126 Å². The summed E-state index contributed by atoms with van der Waals surface area (Å²) in [6.07, 6.45) is 2.93. The van der Waals surface area contributed by atoms with Crippen LogP contribution in [-0.2, 0) is 10.0 Å². The fourth-order valence-corrected chi connectivity index (χ4v) is 4.65. The number of nitrogens with two attached hydrogens (primary N) is 1. The predicted octanol–water partition coefficient (Wildman–Crippen LogP) is 2.19. The monoisotopic (exact) mass is 312 g/mol. The minimum atomic E-state index is -3.43. The lowest BCUT2D eigenvalue weighted by atomic mass is 10.1. The van der Waals surface area contributed by atoms with Crippen molar-refractivity contribution in [2.24, 2.45) is 5.73 Å². The molecule has 0 radical (unpaired) electrons. The minimum absolute atomic E-state index is 0.0596. The Morgan fingerprint density at radius 3 is 2.65 bits per heavy atom. The molecule has 2 N–H and O–H groups in total. The molecule has 1 atom stereocenters. The molecule has 0 bridgehead atoms. The van der Waals surface area contributed by atoms with Gasteiger partial charge in [-0.3, -0.25) is 0 Å². The predicted molar refractivity (Wildman–Crippen MR) is 84.3 cm³/mol.